The predicted molar refractivity (Wildman–Crippen MR) is 161 cm³/mol. The van der Waals surface area contributed by atoms with Crippen molar-refractivity contribution in [3.63, 3.8) is 0 Å². The van der Waals surface area contributed by atoms with E-state index < -0.39 is 26.2 Å². The molecule has 11 nitrogen and oxygen atoms in total. The van der Waals surface area contributed by atoms with Gasteiger partial charge in [0.05, 0.1) is 27.1 Å². The first-order chi connectivity index (χ1) is 19.4. The lowest BCUT2D eigenvalue weighted by molar-refractivity contribution is -0.384. The molecule has 0 N–H and O–H groups in total. The zero-order valence-electron chi connectivity index (χ0n) is 22.0. The normalized spacial score (nSPS) is 14.4. The first-order valence-electron chi connectivity index (χ1n) is 11.9. The number of ether oxygens (including phenoxy) is 2. The number of rotatable bonds is 10. The molecular weight excluding hydrogens is 687 g/mol. The minimum atomic E-state index is -4.35. The van der Waals surface area contributed by atoms with E-state index in [0.29, 0.717) is 14.9 Å². The number of nitro groups is 1. The Hall–Kier alpha value is -3.63. The molecule has 0 bridgehead atoms. The van der Waals surface area contributed by atoms with Crippen molar-refractivity contribution in [1.82, 2.24) is 4.90 Å². The summed E-state index contributed by atoms with van der Waals surface area (Å²) in [5.41, 5.74) is 2.19. The van der Waals surface area contributed by atoms with Crippen molar-refractivity contribution in [2.45, 2.75) is 18.7 Å². The van der Waals surface area contributed by atoms with Gasteiger partial charge in [-0.15, -0.1) is 0 Å². The number of imide groups is 1. The summed E-state index contributed by atoms with van der Waals surface area (Å²) in [7, 11) is -3.02. The van der Waals surface area contributed by atoms with Gasteiger partial charge in [0, 0.05) is 12.1 Å². The molecule has 214 valence electrons. The Morgan fingerprint density at radius 1 is 1.05 bits per heavy atom. The van der Waals surface area contributed by atoms with Gasteiger partial charge in [-0.1, -0.05) is 12.1 Å². The third kappa shape index (κ3) is 7.00. The van der Waals surface area contributed by atoms with Crippen LogP contribution in [0.2, 0.25) is 0 Å². The maximum Gasteiger partial charge on any atom is 0.339 e. The Labute approximate surface area is 253 Å². The minimum absolute atomic E-state index is 0.0646. The number of halogens is 1. The van der Waals surface area contributed by atoms with Crippen molar-refractivity contribution >= 4 is 67.4 Å². The lowest BCUT2D eigenvalue weighted by atomic mass is 10.1. The Morgan fingerprint density at radius 3 is 2.41 bits per heavy atom. The summed E-state index contributed by atoms with van der Waals surface area (Å²) >= 11 is 2.65. The van der Waals surface area contributed by atoms with E-state index in [4.69, 9.17) is 13.7 Å². The molecule has 14 heteroatoms. The van der Waals surface area contributed by atoms with Crippen LogP contribution in [0, 0.1) is 27.5 Å². The summed E-state index contributed by atoms with van der Waals surface area (Å²) in [5, 5.41) is 10.4. The third-order valence-electron chi connectivity index (χ3n) is 5.87. The van der Waals surface area contributed by atoms with Crippen LogP contribution < -0.4 is 13.7 Å². The Bertz CT molecular complexity index is 1670. The summed E-state index contributed by atoms with van der Waals surface area (Å²) in [6.07, 6.45) is 1.51. The van der Waals surface area contributed by atoms with Gasteiger partial charge in [0.2, 0.25) is 0 Å². The first-order valence-corrected chi connectivity index (χ1v) is 15.2. The molecule has 2 amide bonds. The summed E-state index contributed by atoms with van der Waals surface area (Å²) in [5.74, 6) is 0.182. The summed E-state index contributed by atoms with van der Waals surface area (Å²) in [6.45, 7) is 4.06. The fraction of sp³-hybridized carbons (Fsp3) is 0.185. The van der Waals surface area contributed by atoms with E-state index in [9.17, 15) is 28.1 Å². The van der Waals surface area contributed by atoms with Crippen molar-refractivity contribution in [3.8, 4) is 17.2 Å². The van der Waals surface area contributed by atoms with Crippen LogP contribution in [0.25, 0.3) is 6.08 Å². The smallest absolute Gasteiger partial charge is 0.339 e. The van der Waals surface area contributed by atoms with Gasteiger partial charge in [-0.25, -0.2) is 0 Å². The molecule has 1 heterocycles. The SMILES string of the molecule is COc1cc(/C=C2\SC(=O)N(CCOc3cc(C)ccc3C)C2=O)cc(I)c1OS(=O)(=O)c1ccc([N+](=O)[O-])cc1. The molecule has 1 fully saturated rings. The second kappa shape index (κ2) is 12.5. The Morgan fingerprint density at radius 2 is 1.76 bits per heavy atom. The van der Waals surface area contributed by atoms with Crippen molar-refractivity contribution in [3.05, 3.63) is 89.9 Å². The number of benzene rings is 3. The van der Waals surface area contributed by atoms with Gasteiger partial charge in [-0.2, -0.15) is 8.42 Å². The molecule has 0 aromatic heterocycles. The van der Waals surface area contributed by atoms with E-state index in [0.717, 1.165) is 52.1 Å². The number of aryl methyl sites for hydroxylation is 2. The molecular formula is C27H23IN2O9S2. The molecule has 0 atom stereocenters. The van der Waals surface area contributed by atoms with E-state index in [1.807, 2.05) is 54.6 Å². The fourth-order valence-corrected chi connectivity index (χ4v) is 6.46. The molecule has 4 rings (SSSR count). The van der Waals surface area contributed by atoms with Gasteiger partial charge in [-0.3, -0.25) is 24.6 Å². The van der Waals surface area contributed by atoms with Gasteiger partial charge in [-0.05, 0) is 101 Å². The zero-order valence-corrected chi connectivity index (χ0v) is 25.7. The van der Waals surface area contributed by atoms with Crippen LogP contribution in [0.3, 0.4) is 0 Å². The van der Waals surface area contributed by atoms with Crippen molar-refractivity contribution < 1.29 is 36.6 Å². The molecule has 3 aromatic rings. The predicted octanol–water partition coefficient (Wildman–Crippen LogP) is 5.71. The van der Waals surface area contributed by atoms with Gasteiger partial charge in [0.15, 0.2) is 11.5 Å². The average Bonchev–Trinajstić information content (AvgIpc) is 3.19. The number of nitro benzene ring substituents is 1. The van der Waals surface area contributed by atoms with Crippen LogP contribution in [0.5, 0.6) is 17.2 Å². The van der Waals surface area contributed by atoms with Crippen LogP contribution >= 0.6 is 34.4 Å². The standard InChI is InChI=1S/C27H23IN2O9S2/c1-16-4-5-17(2)22(12-16)38-11-10-29-26(31)24(40-27(29)32)15-18-13-21(28)25(23(14-18)37-3)39-41(35,36)20-8-6-19(7-9-20)30(33)34/h4-9,12-15H,10-11H2,1-3H3/b24-15-. The molecule has 1 aliphatic heterocycles. The largest absolute Gasteiger partial charge is 0.493 e. The number of thioether (sulfide) groups is 1. The number of non-ortho nitro benzene ring substituents is 1. The van der Waals surface area contributed by atoms with Gasteiger partial charge in [0.1, 0.15) is 17.3 Å². The quantitative estimate of drug-likeness (QED) is 0.0845. The second-order valence-corrected chi connectivity index (χ2v) is 12.5. The Kier molecular flexibility index (Phi) is 9.24. The van der Waals surface area contributed by atoms with Crippen molar-refractivity contribution in [1.29, 1.82) is 0 Å². The number of methoxy groups -OCH3 is 1. The second-order valence-electron chi connectivity index (χ2n) is 8.77. The van der Waals surface area contributed by atoms with Crippen LogP contribution in [0.1, 0.15) is 16.7 Å². The third-order valence-corrected chi connectivity index (χ3v) is 8.81. The molecule has 3 aromatic carbocycles. The maximum atomic E-state index is 13.0. The molecule has 41 heavy (non-hydrogen) atoms. The van der Waals surface area contributed by atoms with Crippen LogP contribution in [-0.2, 0) is 14.9 Å². The van der Waals surface area contributed by atoms with E-state index in [1.165, 1.54) is 19.3 Å². The van der Waals surface area contributed by atoms with Gasteiger partial charge >= 0.3 is 10.1 Å². The molecule has 1 saturated heterocycles. The number of amides is 2. The van der Waals surface area contributed by atoms with Crippen molar-refractivity contribution in [2.75, 3.05) is 20.3 Å². The molecule has 0 unspecified atom stereocenters. The lowest BCUT2D eigenvalue weighted by Crippen LogP contribution is -2.32. The van der Waals surface area contributed by atoms with Crippen LogP contribution in [0.15, 0.2) is 64.4 Å². The Balaban J connectivity index is 1.50. The molecule has 0 spiro atoms. The van der Waals surface area contributed by atoms with E-state index >= 15 is 0 Å². The van der Waals surface area contributed by atoms with Crippen LogP contribution in [0.4, 0.5) is 10.5 Å². The summed E-state index contributed by atoms with van der Waals surface area (Å²) in [4.78, 5) is 36.8. The summed E-state index contributed by atoms with van der Waals surface area (Å²) in [6, 6.07) is 13.1. The highest BCUT2D eigenvalue weighted by molar-refractivity contribution is 14.1. The lowest BCUT2D eigenvalue weighted by Gasteiger charge is -2.15. The molecule has 0 aliphatic carbocycles. The first kappa shape index (κ1) is 30.3. The molecule has 1 aliphatic rings. The van der Waals surface area contributed by atoms with Gasteiger partial charge < -0.3 is 13.7 Å². The highest BCUT2D eigenvalue weighted by Gasteiger charge is 2.35. The highest BCUT2D eigenvalue weighted by atomic mass is 127. The monoisotopic (exact) mass is 710 g/mol. The fourth-order valence-electron chi connectivity index (χ4n) is 3.75. The van der Waals surface area contributed by atoms with E-state index in [2.05, 4.69) is 0 Å². The molecule has 0 radical (unpaired) electrons. The highest BCUT2D eigenvalue weighted by Crippen LogP contribution is 2.38. The topological polar surface area (TPSA) is 142 Å². The van der Waals surface area contributed by atoms with E-state index in [1.54, 1.807) is 6.07 Å². The summed E-state index contributed by atoms with van der Waals surface area (Å²) < 4.78 is 42.5. The van der Waals surface area contributed by atoms with Crippen molar-refractivity contribution in [2.24, 2.45) is 0 Å². The average molecular weight is 711 g/mol. The zero-order chi connectivity index (χ0) is 29.9. The number of carbonyl (C=O) groups excluding carboxylic acids is 2. The maximum absolute atomic E-state index is 13.0. The number of hydrogen-bond acceptors (Lipinski definition) is 10. The van der Waals surface area contributed by atoms with Crippen LogP contribution in [-0.4, -0.2) is 49.6 Å². The molecule has 0 saturated carbocycles. The number of hydrogen-bond donors (Lipinski definition) is 0. The van der Waals surface area contributed by atoms with E-state index in [-0.39, 0.29) is 40.1 Å². The number of carbonyl (C=O) groups is 2. The van der Waals surface area contributed by atoms with Gasteiger partial charge in [0.25, 0.3) is 16.8 Å². The number of nitrogens with zero attached hydrogens (tertiary/aromatic N) is 2. The minimum Gasteiger partial charge on any atom is -0.493 e.